The number of nitrogens with zero attached hydrogens (tertiary/aromatic N) is 3. The van der Waals surface area contributed by atoms with Gasteiger partial charge in [-0.15, -0.1) is 5.10 Å². The first-order valence-corrected chi connectivity index (χ1v) is 9.38. The Morgan fingerprint density at radius 3 is 2.78 bits per heavy atom. The third kappa shape index (κ3) is 3.83. The number of nitrogens with one attached hydrogen (secondary N) is 2. The molecule has 0 bridgehead atoms. The molecule has 0 saturated carbocycles. The lowest BCUT2D eigenvalue weighted by Gasteiger charge is -2.12. The molecule has 4 aromatic rings. The number of carbonyl (C=O) groups excluding carboxylic acids is 1. The molecule has 2 aromatic carbocycles. The molecular weight excluding hydrogens is 358 g/mol. The van der Waals surface area contributed by atoms with Gasteiger partial charge in [0.1, 0.15) is 0 Å². The van der Waals surface area contributed by atoms with Gasteiger partial charge >= 0.3 is 0 Å². The lowest BCUT2D eigenvalue weighted by atomic mass is 10.2. The number of benzene rings is 2. The summed E-state index contributed by atoms with van der Waals surface area (Å²) in [6.45, 7) is 1.84. The van der Waals surface area contributed by atoms with Gasteiger partial charge in [-0.2, -0.15) is 0 Å². The van der Waals surface area contributed by atoms with Crippen molar-refractivity contribution in [3.8, 4) is 11.4 Å². The Balaban J connectivity index is 1.46. The number of hydrogen-bond acceptors (Lipinski definition) is 5. The molecule has 0 spiro atoms. The molecule has 0 aliphatic carbocycles. The molecule has 0 radical (unpaired) electrons. The first-order valence-electron chi connectivity index (χ1n) is 8.50. The molecular formula is C20H17N5OS. The summed E-state index contributed by atoms with van der Waals surface area (Å²) in [5.74, 6) is 0.577. The van der Waals surface area contributed by atoms with Crippen LogP contribution in [-0.2, 0) is 4.79 Å². The Bertz CT molecular complexity index is 1070. The Labute approximate surface area is 160 Å². The second-order valence-corrected chi connectivity index (χ2v) is 7.27. The Morgan fingerprint density at radius 1 is 1.07 bits per heavy atom. The Kier molecular flexibility index (Phi) is 4.84. The minimum Gasteiger partial charge on any atom is -0.324 e. The summed E-state index contributed by atoms with van der Waals surface area (Å²) >= 11 is 1.31. The van der Waals surface area contributed by atoms with Crippen LogP contribution in [0.15, 0.2) is 72.0 Å². The second kappa shape index (κ2) is 7.59. The molecule has 134 valence electrons. The minimum absolute atomic E-state index is 0.109. The van der Waals surface area contributed by atoms with E-state index in [0.717, 1.165) is 22.2 Å². The van der Waals surface area contributed by atoms with Crippen molar-refractivity contribution < 1.29 is 4.79 Å². The van der Waals surface area contributed by atoms with E-state index < -0.39 is 0 Å². The number of hydrogen-bond donors (Lipinski definition) is 2. The maximum Gasteiger partial charge on any atom is 0.237 e. The molecule has 0 fully saturated rings. The van der Waals surface area contributed by atoms with Crippen LogP contribution < -0.4 is 5.32 Å². The second-order valence-electron chi connectivity index (χ2n) is 5.96. The van der Waals surface area contributed by atoms with Gasteiger partial charge in [0.15, 0.2) is 5.82 Å². The summed E-state index contributed by atoms with van der Waals surface area (Å²) in [4.78, 5) is 21.4. The SMILES string of the molecule is C[C@H](Sc1n[nH]c(-c2ccccc2)n1)C(=O)Nc1cccc2ncccc12. The number of thioether (sulfide) groups is 1. The summed E-state index contributed by atoms with van der Waals surface area (Å²) in [6, 6.07) is 19.2. The maximum absolute atomic E-state index is 12.6. The highest BCUT2D eigenvalue weighted by atomic mass is 32.2. The first kappa shape index (κ1) is 17.2. The van der Waals surface area contributed by atoms with E-state index in [0.29, 0.717) is 11.0 Å². The zero-order chi connectivity index (χ0) is 18.6. The van der Waals surface area contributed by atoms with Gasteiger partial charge in [-0.3, -0.25) is 14.9 Å². The Hall–Kier alpha value is -3.19. The Morgan fingerprint density at radius 2 is 1.93 bits per heavy atom. The van der Waals surface area contributed by atoms with Crippen molar-refractivity contribution in [2.24, 2.45) is 0 Å². The fourth-order valence-electron chi connectivity index (χ4n) is 2.68. The van der Waals surface area contributed by atoms with Crippen molar-refractivity contribution in [3.05, 3.63) is 66.9 Å². The van der Waals surface area contributed by atoms with Crippen LogP contribution in [0.3, 0.4) is 0 Å². The summed E-state index contributed by atoms with van der Waals surface area (Å²) in [5.41, 5.74) is 2.55. The summed E-state index contributed by atoms with van der Waals surface area (Å²) < 4.78 is 0. The number of pyridine rings is 1. The molecule has 2 heterocycles. The van der Waals surface area contributed by atoms with E-state index in [1.807, 2.05) is 67.6 Å². The summed E-state index contributed by atoms with van der Waals surface area (Å²) in [5, 5.41) is 11.2. The molecule has 4 rings (SSSR count). The average Bonchev–Trinajstić information content (AvgIpc) is 3.17. The van der Waals surface area contributed by atoms with Crippen LogP contribution in [0.25, 0.3) is 22.3 Å². The number of amides is 1. The summed E-state index contributed by atoms with van der Waals surface area (Å²) in [7, 11) is 0. The molecule has 0 saturated heterocycles. The van der Waals surface area contributed by atoms with Crippen molar-refractivity contribution in [2.45, 2.75) is 17.3 Å². The molecule has 7 heteroatoms. The fraction of sp³-hybridized carbons (Fsp3) is 0.100. The van der Waals surface area contributed by atoms with Crippen molar-refractivity contribution in [3.63, 3.8) is 0 Å². The lowest BCUT2D eigenvalue weighted by Crippen LogP contribution is -2.22. The van der Waals surface area contributed by atoms with E-state index in [2.05, 4.69) is 25.5 Å². The highest BCUT2D eigenvalue weighted by molar-refractivity contribution is 8.00. The lowest BCUT2D eigenvalue weighted by molar-refractivity contribution is -0.115. The molecule has 2 aromatic heterocycles. The molecule has 6 nitrogen and oxygen atoms in total. The normalized spacial score (nSPS) is 12.0. The molecule has 2 N–H and O–H groups in total. The van der Waals surface area contributed by atoms with E-state index in [9.17, 15) is 4.79 Å². The van der Waals surface area contributed by atoms with Crippen LogP contribution in [0.4, 0.5) is 5.69 Å². The van der Waals surface area contributed by atoms with E-state index in [1.165, 1.54) is 11.8 Å². The number of aromatic nitrogens is 4. The predicted octanol–water partition coefficient (Wildman–Crippen LogP) is 4.14. The van der Waals surface area contributed by atoms with E-state index in [1.54, 1.807) is 6.20 Å². The number of carbonyl (C=O) groups is 1. The van der Waals surface area contributed by atoms with Gasteiger partial charge in [-0.1, -0.05) is 48.2 Å². The number of rotatable bonds is 5. The standard InChI is InChI=1S/C20H17N5OS/c1-13(27-20-23-18(24-25-20)14-7-3-2-4-8-14)19(26)22-17-11-5-10-16-15(17)9-6-12-21-16/h2-13H,1H3,(H,22,26)(H,23,24,25)/t13-/m0/s1. The molecule has 1 atom stereocenters. The molecule has 0 unspecified atom stereocenters. The van der Waals surface area contributed by atoms with Crippen LogP contribution in [0.2, 0.25) is 0 Å². The molecule has 27 heavy (non-hydrogen) atoms. The third-order valence-electron chi connectivity index (χ3n) is 4.07. The van der Waals surface area contributed by atoms with E-state index in [4.69, 9.17) is 0 Å². The van der Waals surface area contributed by atoms with Crippen LogP contribution in [-0.4, -0.2) is 31.3 Å². The van der Waals surface area contributed by atoms with Gasteiger partial charge < -0.3 is 5.32 Å². The quantitative estimate of drug-likeness (QED) is 0.512. The van der Waals surface area contributed by atoms with E-state index >= 15 is 0 Å². The zero-order valence-corrected chi connectivity index (χ0v) is 15.4. The van der Waals surface area contributed by atoms with Gasteiger partial charge in [0.2, 0.25) is 11.1 Å². The first-order chi connectivity index (χ1) is 13.2. The number of fused-ring (bicyclic) bond motifs is 1. The van der Waals surface area contributed by atoms with E-state index in [-0.39, 0.29) is 11.2 Å². The average molecular weight is 375 g/mol. The number of aromatic amines is 1. The molecule has 0 aliphatic heterocycles. The molecule has 0 aliphatic rings. The van der Waals surface area contributed by atoms with Gasteiger partial charge in [-0.25, -0.2) is 4.98 Å². The van der Waals surface area contributed by atoms with Crippen LogP contribution in [0.1, 0.15) is 6.92 Å². The number of anilines is 1. The van der Waals surface area contributed by atoms with Gasteiger partial charge in [0.25, 0.3) is 0 Å². The van der Waals surface area contributed by atoms with Crippen molar-refractivity contribution >= 4 is 34.3 Å². The van der Waals surface area contributed by atoms with Gasteiger partial charge in [-0.05, 0) is 31.2 Å². The highest BCUT2D eigenvalue weighted by Crippen LogP contribution is 2.25. The van der Waals surface area contributed by atoms with Gasteiger partial charge in [0.05, 0.1) is 16.5 Å². The summed E-state index contributed by atoms with van der Waals surface area (Å²) in [6.07, 6.45) is 1.74. The van der Waals surface area contributed by atoms with Crippen molar-refractivity contribution in [2.75, 3.05) is 5.32 Å². The minimum atomic E-state index is -0.351. The van der Waals surface area contributed by atoms with Gasteiger partial charge in [0, 0.05) is 17.1 Å². The van der Waals surface area contributed by atoms with Crippen LogP contribution >= 0.6 is 11.8 Å². The third-order valence-corrected chi connectivity index (χ3v) is 5.03. The zero-order valence-electron chi connectivity index (χ0n) is 14.6. The largest absolute Gasteiger partial charge is 0.324 e. The fourth-order valence-corrected chi connectivity index (χ4v) is 3.41. The molecule has 1 amide bonds. The topological polar surface area (TPSA) is 83.6 Å². The van der Waals surface area contributed by atoms with Crippen molar-refractivity contribution in [1.29, 1.82) is 0 Å². The van der Waals surface area contributed by atoms with Crippen LogP contribution in [0.5, 0.6) is 0 Å². The predicted molar refractivity (Wildman–Crippen MR) is 108 cm³/mol. The number of H-pyrrole nitrogens is 1. The van der Waals surface area contributed by atoms with Crippen LogP contribution in [0, 0.1) is 0 Å². The highest BCUT2D eigenvalue weighted by Gasteiger charge is 2.18. The smallest absolute Gasteiger partial charge is 0.237 e. The maximum atomic E-state index is 12.6. The van der Waals surface area contributed by atoms with Crippen molar-refractivity contribution in [1.82, 2.24) is 20.2 Å². The monoisotopic (exact) mass is 375 g/mol.